The second kappa shape index (κ2) is 6.32. The molecule has 0 amide bonds. The first-order valence-electron chi connectivity index (χ1n) is 8.33. The standard InChI is InChI=1S/C20H26N2O.H2/c1-15-10-18(11-16(2)21-15)23-19-12-20(3,4)22(14-19)13-17-8-6-5-7-9-17;/h5-11,19H,12-14H2,1-4H3;1H. The molecule has 1 saturated heterocycles. The zero-order valence-electron chi connectivity index (χ0n) is 14.5. The van der Waals surface area contributed by atoms with Crippen LogP contribution in [-0.2, 0) is 6.54 Å². The molecular formula is C20H28N2O. The summed E-state index contributed by atoms with van der Waals surface area (Å²) >= 11 is 0. The van der Waals surface area contributed by atoms with Crippen LogP contribution in [0.1, 0.15) is 38.6 Å². The van der Waals surface area contributed by atoms with Crippen LogP contribution >= 0.6 is 0 Å². The van der Waals surface area contributed by atoms with Crippen molar-refractivity contribution in [3.63, 3.8) is 0 Å². The average Bonchev–Trinajstić information content (AvgIpc) is 2.72. The van der Waals surface area contributed by atoms with Gasteiger partial charge in [-0.15, -0.1) is 0 Å². The Morgan fingerprint density at radius 1 is 1.17 bits per heavy atom. The van der Waals surface area contributed by atoms with Gasteiger partial charge in [-0.25, -0.2) is 0 Å². The third kappa shape index (κ3) is 3.91. The second-order valence-corrected chi connectivity index (χ2v) is 7.21. The third-order valence-electron chi connectivity index (χ3n) is 4.58. The number of aromatic nitrogens is 1. The molecule has 0 saturated carbocycles. The van der Waals surface area contributed by atoms with E-state index in [1.807, 2.05) is 26.0 Å². The molecule has 0 radical (unpaired) electrons. The predicted octanol–water partition coefficient (Wildman–Crippen LogP) is 4.38. The van der Waals surface area contributed by atoms with Crippen molar-refractivity contribution >= 4 is 0 Å². The molecular weight excluding hydrogens is 284 g/mol. The van der Waals surface area contributed by atoms with Crippen LogP contribution in [0.15, 0.2) is 42.5 Å². The summed E-state index contributed by atoms with van der Waals surface area (Å²) < 4.78 is 6.26. The van der Waals surface area contributed by atoms with E-state index in [0.717, 1.165) is 36.6 Å². The molecule has 124 valence electrons. The molecule has 1 unspecified atom stereocenters. The van der Waals surface area contributed by atoms with Crippen LogP contribution in [0, 0.1) is 13.8 Å². The lowest BCUT2D eigenvalue weighted by atomic mass is 10.0. The van der Waals surface area contributed by atoms with Gasteiger partial charge >= 0.3 is 0 Å². The van der Waals surface area contributed by atoms with E-state index in [-0.39, 0.29) is 13.1 Å². The van der Waals surface area contributed by atoms with Gasteiger partial charge in [0.2, 0.25) is 0 Å². The number of ether oxygens (including phenoxy) is 1. The topological polar surface area (TPSA) is 25.4 Å². The Morgan fingerprint density at radius 2 is 1.83 bits per heavy atom. The molecule has 0 aliphatic carbocycles. The van der Waals surface area contributed by atoms with E-state index in [1.165, 1.54) is 5.56 Å². The molecule has 0 spiro atoms. The highest BCUT2D eigenvalue weighted by molar-refractivity contribution is 5.26. The van der Waals surface area contributed by atoms with E-state index in [2.05, 4.69) is 54.1 Å². The van der Waals surface area contributed by atoms with Crippen LogP contribution in [0.2, 0.25) is 0 Å². The molecule has 1 aromatic carbocycles. The fraction of sp³-hybridized carbons (Fsp3) is 0.450. The first-order valence-corrected chi connectivity index (χ1v) is 8.33. The maximum atomic E-state index is 6.26. The Kier molecular flexibility index (Phi) is 4.40. The van der Waals surface area contributed by atoms with Crippen LogP contribution < -0.4 is 4.74 Å². The fourth-order valence-electron chi connectivity index (χ4n) is 3.46. The summed E-state index contributed by atoms with van der Waals surface area (Å²) in [4.78, 5) is 6.94. The maximum absolute atomic E-state index is 6.26. The van der Waals surface area contributed by atoms with Gasteiger partial charge in [0.1, 0.15) is 11.9 Å². The summed E-state index contributed by atoms with van der Waals surface area (Å²) in [5, 5.41) is 0. The minimum absolute atomic E-state index is 0. The lowest BCUT2D eigenvalue weighted by Gasteiger charge is -2.30. The smallest absolute Gasteiger partial charge is 0.123 e. The maximum Gasteiger partial charge on any atom is 0.123 e. The van der Waals surface area contributed by atoms with E-state index in [4.69, 9.17) is 4.74 Å². The summed E-state index contributed by atoms with van der Waals surface area (Å²) in [6, 6.07) is 14.7. The highest BCUT2D eigenvalue weighted by Crippen LogP contribution is 2.32. The van der Waals surface area contributed by atoms with Crippen molar-refractivity contribution in [2.24, 2.45) is 0 Å². The van der Waals surface area contributed by atoms with Gasteiger partial charge in [-0.05, 0) is 33.3 Å². The second-order valence-electron chi connectivity index (χ2n) is 7.21. The van der Waals surface area contributed by atoms with Gasteiger partial charge in [-0.2, -0.15) is 0 Å². The molecule has 2 heterocycles. The van der Waals surface area contributed by atoms with Crippen LogP contribution in [0.4, 0.5) is 0 Å². The SMILES string of the molecule is Cc1cc(OC2CN(Cc3ccccc3)C(C)(C)C2)cc(C)n1.[HH]. The predicted molar refractivity (Wildman–Crippen MR) is 95.8 cm³/mol. The van der Waals surface area contributed by atoms with Crippen molar-refractivity contribution in [2.45, 2.75) is 52.3 Å². The zero-order valence-corrected chi connectivity index (χ0v) is 14.5. The van der Waals surface area contributed by atoms with Gasteiger partial charge in [-0.1, -0.05) is 30.3 Å². The number of benzene rings is 1. The molecule has 1 aromatic heterocycles. The van der Waals surface area contributed by atoms with Crippen molar-refractivity contribution in [3.05, 3.63) is 59.4 Å². The van der Waals surface area contributed by atoms with Gasteiger partial charge in [0.05, 0.1) is 0 Å². The molecule has 1 aliphatic rings. The molecule has 1 atom stereocenters. The first kappa shape index (κ1) is 16.0. The zero-order chi connectivity index (χ0) is 16.4. The summed E-state index contributed by atoms with van der Waals surface area (Å²) in [5.74, 6) is 0.942. The molecule has 3 heteroatoms. The van der Waals surface area contributed by atoms with E-state index in [1.54, 1.807) is 0 Å². The minimum atomic E-state index is 0. The lowest BCUT2D eigenvalue weighted by molar-refractivity contribution is 0.161. The number of pyridine rings is 1. The van der Waals surface area contributed by atoms with Gasteiger partial charge in [-0.3, -0.25) is 9.88 Å². The summed E-state index contributed by atoms with van der Waals surface area (Å²) in [6.45, 7) is 10.6. The summed E-state index contributed by atoms with van der Waals surface area (Å²) in [6.07, 6.45) is 1.27. The van der Waals surface area contributed by atoms with Crippen LogP contribution in [-0.4, -0.2) is 28.1 Å². The minimum Gasteiger partial charge on any atom is -0.489 e. The van der Waals surface area contributed by atoms with Crippen LogP contribution in [0.3, 0.4) is 0 Å². The molecule has 2 aromatic rings. The highest BCUT2D eigenvalue weighted by atomic mass is 16.5. The highest BCUT2D eigenvalue weighted by Gasteiger charge is 2.39. The Bertz CT molecular complexity index is 652. The molecule has 0 bridgehead atoms. The molecule has 23 heavy (non-hydrogen) atoms. The largest absolute Gasteiger partial charge is 0.489 e. The number of likely N-dealkylation sites (tertiary alicyclic amines) is 1. The number of hydrogen-bond acceptors (Lipinski definition) is 3. The lowest BCUT2D eigenvalue weighted by Crippen LogP contribution is -2.37. The Labute approximate surface area is 140 Å². The van der Waals surface area contributed by atoms with Crippen molar-refractivity contribution in [2.75, 3.05) is 6.54 Å². The summed E-state index contributed by atoms with van der Waals surface area (Å²) in [7, 11) is 0. The molecule has 1 aliphatic heterocycles. The fourth-order valence-corrected chi connectivity index (χ4v) is 3.46. The van der Waals surface area contributed by atoms with E-state index < -0.39 is 0 Å². The monoisotopic (exact) mass is 312 g/mol. The Hall–Kier alpha value is -1.87. The molecule has 0 N–H and O–H groups in total. The number of aryl methyl sites for hydroxylation is 2. The van der Waals surface area contributed by atoms with Gasteiger partial charge in [0.25, 0.3) is 0 Å². The quantitative estimate of drug-likeness (QED) is 0.838. The summed E-state index contributed by atoms with van der Waals surface area (Å²) in [5.41, 5.74) is 3.53. The van der Waals surface area contributed by atoms with Crippen molar-refractivity contribution < 1.29 is 6.16 Å². The van der Waals surface area contributed by atoms with Crippen molar-refractivity contribution in [1.29, 1.82) is 0 Å². The molecule has 1 fully saturated rings. The van der Waals surface area contributed by atoms with Gasteiger partial charge in [0.15, 0.2) is 0 Å². The van der Waals surface area contributed by atoms with Crippen LogP contribution in [0.5, 0.6) is 5.75 Å². The number of hydrogen-bond donors (Lipinski definition) is 0. The average molecular weight is 312 g/mol. The first-order chi connectivity index (χ1) is 10.9. The van der Waals surface area contributed by atoms with E-state index in [9.17, 15) is 0 Å². The van der Waals surface area contributed by atoms with Gasteiger partial charge < -0.3 is 4.74 Å². The third-order valence-corrected chi connectivity index (χ3v) is 4.58. The normalized spacial score (nSPS) is 20.6. The van der Waals surface area contributed by atoms with Crippen LogP contribution in [0.25, 0.3) is 0 Å². The van der Waals surface area contributed by atoms with E-state index >= 15 is 0 Å². The molecule has 3 rings (SSSR count). The Morgan fingerprint density at radius 3 is 2.48 bits per heavy atom. The number of rotatable bonds is 4. The van der Waals surface area contributed by atoms with Gasteiger partial charge in [0, 0.05) is 50.0 Å². The molecule has 3 nitrogen and oxygen atoms in total. The van der Waals surface area contributed by atoms with Crippen molar-refractivity contribution in [3.8, 4) is 5.75 Å². The Balaban J connectivity index is 0.00000208. The number of nitrogens with zero attached hydrogens (tertiary/aromatic N) is 2. The van der Waals surface area contributed by atoms with E-state index in [0.29, 0.717) is 0 Å². The van der Waals surface area contributed by atoms with Crippen molar-refractivity contribution in [1.82, 2.24) is 9.88 Å².